The number of carbonyl (C=O) groups is 2. The lowest BCUT2D eigenvalue weighted by molar-refractivity contribution is -0.137. The molecule has 6 heteroatoms. The highest BCUT2D eigenvalue weighted by atomic mass is 16.6. The average Bonchev–Trinajstić information content (AvgIpc) is 2.75. The van der Waals surface area contributed by atoms with Crippen LogP contribution in [0.3, 0.4) is 0 Å². The molecule has 6 nitrogen and oxygen atoms in total. The van der Waals surface area contributed by atoms with E-state index in [2.05, 4.69) is 5.32 Å². The van der Waals surface area contributed by atoms with E-state index in [1.165, 1.54) is 6.26 Å². The van der Waals surface area contributed by atoms with Crippen molar-refractivity contribution >= 4 is 12.1 Å². The number of aliphatic carboxylic acids is 1. The van der Waals surface area contributed by atoms with Gasteiger partial charge in [0.05, 0.1) is 6.26 Å². The summed E-state index contributed by atoms with van der Waals surface area (Å²) in [5, 5.41) is 11.4. The number of hydrogen-bond acceptors (Lipinski definition) is 4. The van der Waals surface area contributed by atoms with E-state index in [1.807, 2.05) is 0 Å². The second-order valence-corrected chi connectivity index (χ2v) is 5.56. The van der Waals surface area contributed by atoms with E-state index in [1.54, 1.807) is 32.9 Å². The highest BCUT2D eigenvalue weighted by Gasteiger charge is 2.21. The topological polar surface area (TPSA) is 88.8 Å². The van der Waals surface area contributed by atoms with Gasteiger partial charge in [-0.05, 0) is 39.3 Å². The first-order valence-electron chi connectivity index (χ1n) is 6.50. The number of nitrogens with one attached hydrogen (secondary N) is 1. The smallest absolute Gasteiger partial charge is 0.407 e. The fourth-order valence-electron chi connectivity index (χ4n) is 1.67. The molecular formula is C14H21NO5. The van der Waals surface area contributed by atoms with E-state index in [0.29, 0.717) is 18.6 Å². The van der Waals surface area contributed by atoms with Crippen LogP contribution in [0.15, 0.2) is 22.8 Å². The molecule has 0 bridgehead atoms. The van der Waals surface area contributed by atoms with E-state index in [4.69, 9.17) is 14.3 Å². The summed E-state index contributed by atoms with van der Waals surface area (Å²) in [5.41, 5.74) is -0.591. The molecule has 1 rings (SSSR count). The second-order valence-electron chi connectivity index (χ2n) is 5.56. The maximum absolute atomic E-state index is 11.7. The highest BCUT2D eigenvalue weighted by Crippen LogP contribution is 2.11. The Bertz CT molecular complexity index is 433. The van der Waals surface area contributed by atoms with Crippen LogP contribution in [-0.4, -0.2) is 28.8 Å². The number of alkyl carbamates (subject to hydrolysis) is 1. The first kappa shape index (κ1) is 16.1. The molecule has 0 aliphatic rings. The lowest BCUT2D eigenvalue weighted by atomic mass is 10.1. The van der Waals surface area contributed by atoms with Gasteiger partial charge >= 0.3 is 12.1 Å². The SMILES string of the molecule is CC(C)(C)OC(=O)NC(CCC(=O)O)Cc1ccco1. The first-order chi connectivity index (χ1) is 9.26. The molecule has 0 aliphatic heterocycles. The lowest BCUT2D eigenvalue weighted by Gasteiger charge is -2.23. The molecule has 20 heavy (non-hydrogen) atoms. The Hall–Kier alpha value is -1.98. The Balaban J connectivity index is 2.57. The maximum atomic E-state index is 11.7. The summed E-state index contributed by atoms with van der Waals surface area (Å²) < 4.78 is 10.4. The van der Waals surface area contributed by atoms with Crippen LogP contribution in [0.5, 0.6) is 0 Å². The standard InChI is InChI=1S/C14H21NO5/c1-14(2,3)20-13(18)15-10(6-7-12(16)17)9-11-5-4-8-19-11/h4-5,8,10H,6-7,9H2,1-3H3,(H,15,18)(H,16,17). The van der Waals surface area contributed by atoms with E-state index in [9.17, 15) is 9.59 Å². The molecule has 1 unspecified atom stereocenters. The summed E-state index contributed by atoms with van der Waals surface area (Å²) in [4.78, 5) is 22.4. The van der Waals surface area contributed by atoms with Gasteiger partial charge in [0.1, 0.15) is 11.4 Å². The molecule has 112 valence electrons. The minimum absolute atomic E-state index is 0.0266. The number of amides is 1. The van der Waals surface area contributed by atoms with Crippen LogP contribution in [0.1, 0.15) is 39.4 Å². The van der Waals surface area contributed by atoms with Gasteiger partial charge in [-0.1, -0.05) is 0 Å². The molecule has 1 amide bonds. The van der Waals surface area contributed by atoms with Crippen molar-refractivity contribution in [1.82, 2.24) is 5.32 Å². The average molecular weight is 283 g/mol. The van der Waals surface area contributed by atoms with Gasteiger partial charge in [0.15, 0.2) is 0 Å². The van der Waals surface area contributed by atoms with Crippen LogP contribution in [0.4, 0.5) is 4.79 Å². The van der Waals surface area contributed by atoms with Crippen molar-refractivity contribution in [2.24, 2.45) is 0 Å². The van der Waals surface area contributed by atoms with Crippen molar-refractivity contribution in [2.75, 3.05) is 0 Å². The molecule has 1 aromatic rings. The summed E-state index contributed by atoms with van der Waals surface area (Å²) in [5.74, 6) is -0.211. The zero-order chi connectivity index (χ0) is 15.2. The minimum atomic E-state index is -0.902. The maximum Gasteiger partial charge on any atom is 0.407 e. The van der Waals surface area contributed by atoms with Crippen LogP contribution >= 0.6 is 0 Å². The lowest BCUT2D eigenvalue weighted by Crippen LogP contribution is -2.40. The van der Waals surface area contributed by atoms with E-state index in [-0.39, 0.29) is 12.5 Å². The third-order valence-electron chi connectivity index (χ3n) is 2.46. The van der Waals surface area contributed by atoms with Gasteiger partial charge in [-0.2, -0.15) is 0 Å². The Morgan fingerprint density at radius 1 is 1.45 bits per heavy atom. The van der Waals surface area contributed by atoms with Crippen molar-refractivity contribution in [3.63, 3.8) is 0 Å². The molecule has 1 aromatic heterocycles. The number of carboxylic acids is 1. The minimum Gasteiger partial charge on any atom is -0.481 e. The van der Waals surface area contributed by atoms with Crippen molar-refractivity contribution in [3.05, 3.63) is 24.2 Å². The monoisotopic (exact) mass is 283 g/mol. The van der Waals surface area contributed by atoms with Gasteiger partial charge in [-0.15, -0.1) is 0 Å². The molecular weight excluding hydrogens is 262 g/mol. The van der Waals surface area contributed by atoms with Gasteiger partial charge in [-0.25, -0.2) is 4.79 Å². The number of carbonyl (C=O) groups excluding carboxylic acids is 1. The second kappa shape index (κ2) is 6.98. The van der Waals surface area contributed by atoms with Gasteiger partial charge in [0.2, 0.25) is 0 Å². The van der Waals surface area contributed by atoms with Gasteiger partial charge in [0.25, 0.3) is 0 Å². The normalized spacial score (nSPS) is 12.8. The third-order valence-corrected chi connectivity index (χ3v) is 2.46. The number of furan rings is 1. The van der Waals surface area contributed by atoms with Gasteiger partial charge in [0, 0.05) is 18.9 Å². The van der Waals surface area contributed by atoms with E-state index in [0.717, 1.165) is 0 Å². The van der Waals surface area contributed by atoms with Crippen LogP contribution in [-0.2, 0) is 16.0 Å². The van der Waals surface area contributed by atoms with E-state index < -0.39 is 17.7 Å². The fraction of sp³-hybridized carbons (Fsp3) is 0.571. The third kappa shape index (κ3) is 6.82. The molecule has 2 N–H and O–H groups in total. The molecule has 0 saturated carbocycles. The Kier molecular flexibility index (Phi) is 5.61. The molecule has 0 spiro atoms. The Morgan fingerprint density at radius 3 is 2.65 bits per heavy atom. The fourth-order valence-corrected chi connectivity index (χ4v) is 1.67. The summed E-state index contributed by atoms with van der Waals surface area (Å²) in [6.45, 7) is 5.31. The molecule has 1 heterocycles. The highest BCUT2D eigenvalue weighted by molar-refractivity contribution is 5.69. The number of carboxylic acid groups (broad SMARTS) is 1. The van der Waals surface area contributed by atoms with Crippen molar-refractivity contribution in [1.29, 1.82) is 0 Å². The molecule has 1 atom stereocenters. The first-order valence-corrected chi connectivity index (χ1v) is 6.50. The van der Waals surface area contributed by atoms with Crippen molar-refractivity contribution in [2.45, 2.75) is 51.7 Å². The predicted molar refractivity (Wildman–Crippen MR) is 72.4 cm³/mol. The Labute approximate surface area is 118 Å². The van der Waals surface area contributed by atoms with Crippen molar-refractivity contribution in [3.8, 4) is 0 Å². The van der Waals surface area contributed by atoms with Crippen LogP contribution in [0, 0.1) is 0 Å². The molecule has 0 saturated heterocycles. The van der Waals surface area contributed by atoms with E-state index >= 15 is 0 Å². The molecule has 0 fully saturated rings. The number of hydrogen-bond donors (Lipinski definition) is 2. The summed E-state index contributed by atoms with van der Waals surface area (Å²) in [6.07, 6.45) is 1.70. The predicted octanol–water partition coefficient (Wildman–Crippen LogP) is 2.58. The largest absolute Gasteiger partial charge is 0.481 e. The van der Waals surface area contributed by atoms with Crippen LogP contribution < -0.4 is 5.32 Å². The number of rotatable bonds is 6. The van der Waals surface area contributed by atoms with Crippen molar-refractivity contribution < 1.29 is 23.8 Å². The molecule has 0 aromatic carbocycles. The quantitative estimate of drug-likeness (QED) is 0.837. The van der Waals surface area contributed by atoms with Gasteiger partial charge < -0.3 is 19.6 Å². The molecule has 0 aliphatic carbocycles. The molecule has 0 radical (unpaired) electrons. The summed E-state index contributed by atoms with van der Waals surface area (Å²) in [6, 6.07) is 3.19. The summed E-state index contributed by atoms with van der Waals surface area (Å²) in [7, 11) is 0. The van der Waals surface area contributed by atoms with Crippen LogP contribution in [0.2, 0.25) is 0 Å². The van der Waals surface area contributed by atoms with Crippen LogP contribution in [0.25, 0.3) is 0 Å². The zero-order valence-electron chi connectivity index (χ0n) is 12.0. The summed E-state index contributed by atoms with van der Waals surface area (Å²) >= 11 is 0. The zero-order valence-corrected chi connectivity index (χ0v) is 12.0. The van der Waals surface area contributed by atoms with Gasteiger partial charge in [-0.3, -0.25) is 4.79 Å². The Morgan fingerprint density at radius 2 is 2.15 bits per heavy atom. The number of ether oxygens (including phenoxy) is 1.